The van der Waals surface area contributed by atoms with Gasteiger partial charge < -0.3 is 33.8 Å². The molecule has 0 amide bonds. The van der Waals surface area contributed by atoms with Crippen molar-refractivity contribution < 1.29 is 4.42 Å². The standard InChI is InChI=1S/C54H57BN2.C44H29BN2S.C40H25BN2O/c1-52(2,3)37-21-26-40(27-22-37)56-45-33-39(54(7,8)9)25-30-44(45)55-49-42-19-13-17-35-18-14-20-43(48(35)42)51(49)57(41-28-23-38(24-29-41)53(4,5)6)47-32-36(31-46(56)50(47)55)34-15-11-10-12-16-34;1-4-14-30(15-5-1)32-18-12-21-35(28-32)46-38-23-13-24-39-42(38)45(37-27-26-33(29-40(37)46)31-16-6-2-7-17-31)44-43(36-22-10-11-25-41(36)48-44)47(39)34-19-8-3-9-20-34;1-3-14-26(15-4-1)42-33-23-12-11-22-32(33)41-37-34(42)24-13-25-35(37)43(27-16-5-2-6-17-27)38-36-30-20-9-7-18-28(30)29-19-8-10-21-31(29)39(36)44-40(38)41/h13-14,17-34H,10-12,15-16H2,1-9H3;1-29H;1-25H. The van der Waals surface area contributed by atoms with Crippen molar-refractivity contribution in [2.45, 2.75) is 117 Å². The lowest BCUT2D eigenvalue weighted by molar-refractivity contribution is 0.444. The maximum atomic E-state index is 7.25. The van der Waals surface area contributed by atoms with Crippen LogP contribution in [0, 0.1) is 0 Å². The van der Waals surface area contributed by atoms with E-state index in [0.717, 1.165) is 44.8 Å². The number of thiophene rings is 1. The van der Waals surface area contributed by atoms with E-state index in [1.165, 1.54) is 247 Å². The fourth-order valence-electron chi connectivity index (χ4n) is 25.9. The highest BCUT2D eigenvalue weighted by Gasteiger charge is 2.52. The summed E-state index contributed by atoms with van der Waals surface area (Å²) in [6, 6.07) is 164. The average molecular weight is 1930 g/mol. The molecule has 0 radical (unpaired) electrons. The third-order valence-electron chi connectivity index (χ3n) is 32.9. The number of hydrogen-bond acceptors (Lipinski definition) is 8. The van der Waals surface area contributed by atoms with Gasteiger partial charge >= 0.3 is 0 Å². The van der Waals surface area contributed by atoms with E-state index >= 15 is 0 Å². The summed E-state index contributed by atoms with van der Waals surface area (Å²) in [4.78, 5) is 15.2. The molecule has 149 heavy (non-hydrogen) atoms. The number of para-hydroxylation sites is 4. The Hall–Kier alpha value is -16.6. The first-order valence-corrected chi connectivity index (χ1v) is 54.0. The third kappa shape index (κ3) is 14.5. The van der Waals surface area contributed by atoms with E-state index in [2.05, 4.69) is 535 Å². The van der Waals surface area contributed by atoms with Crippen LogP contribution < -0.4 is 72.6 Å². The van der Waals surface area contributed by atoms with Crippen molar-refractivity contribution in [1.82, 2.24) is 0 Å². The molecule has 0 saturated heterocycles. The molecule has 2 aromatic heterocycles. The van der Waals surface area contributed by atoms with Gasteiger partial charge in [0, 0.05) is 117 Å². The van der Waals surface area contributed by atoms with Crippen LogP contribution in [0.2, 0.25) is 0 Å². The molecule has 2 aliphatic carbocycles. The van der Waals surface area contributed by atoms with Crippen LogP contribution >= 0.6 is 11.3 Å². The van der Waals surface area contributed by atoms with E-state index in [4.69, 9.17) is 4.42 Å². The molecule has 11 heteroatoms. The van der Waals surface area contributed by atoms with Crippen LogP contribution in [0.3, 0.4) is 0 Å². The molecule has 22 aromatic rings. The summed E-state index contributed by atoms with van der Waals surface area (Å²) in [6.07, 6.45) is 6.47. The maximum Gasteiger partial charge on any atom is 0.297 e. The molecule has 0 bridgehead atoms. The Morgan fingerprint density at radius 1 is 0.268 bits per heavy atom. The summed E-state index contributed by atoms with van der Waals surface area (Å²) in [5.74, 6) is 0.552. The van der Waals surface area contributed by atoms with Crippen LogP contribution in [-0.4, -0.2) is 20.1 Å². The first-order chi connectivity index (χ1) is 72.9. The molecule has 8 aliphatic rings. The zero-order valence-corrected chi connectivity index (χ0v) is 86.3. The first-order valence-electron chi connectivity index (χ1n) is 53.2. The van der Waals surface area contributed by atoms with Gasteiger partial charge in [0.05, 0.1) is 22.4 Å². The fourth-order valence-corrected chi connectivity index (χ4v) is 27.2. The summed E-state index contributed by atoms with van der Waals surface area (Å²) < 4.78 is 9.96. The second-order valence-electron chi connectivity index (χ2n) is 44.7. The van der Waals surface area contributed by atoms with Crippen molar-refractivity contribution in [3.05, 3.63) is 476 Å². The second-order valence-corrected chi connectivity index (χ2v) is 45.8. The van der Waals surface area contributed by atoms with Crippen molar-refractivity contribution in [1.29, 1.82) is 0 Å². The Bertz CT molecular complexity index is 9170. The van der Waals surface area contributed by atoms with Crippen molar-refractivity contribution in [3.8, 4) is 22.3 Å². The van der Waals surface area contributed by atoms with E-state index in [1.54, 1.807) is 0 Å². The van der Waals surface area contributed by atoms with Gasteiger partial charge in [0.1, 0.15) is 5.58 Å². The highest BCUT2D eigenvalue weighted by atomic mass is 32.1. The van der Waals surface area contributed by atoms with E-state index < -0.39 is 0 Å². The van der Waals surface area contributed by atoms with Gasteiger partial charge in [0.2, 0.25) is 0 Å². The lowest BCUT2D eigenvalue weighted by atomic mass is 9.32. The molecule has 30 rings (SSSR count). The van der Waals surface area contributed by atoms with Crippen LogP contribution in [0.25, 0.3) is 86.8 Å². The molecular weight excluding hydrogens is 1820 g/mol. The van der Waals surface area contributed by atoms with Gasteiger partial charge in [-0.25, -0.2) is 0 Å². The first kappa shape index (κ1) is 90.0. The Balaban J connectivity index is 0.000000108. The predicted octanol–water partition coefficient (Wildman–Crippen LogP) is 32.9. The Morgan fingerprint density at radius 3 is 1.30 bits per heavy atom. The van der Waals surface area contributed by atoms with Gasteiger partial charge in [-0.1, -0.05) is 391 Å². The molecule has 20 aromatic carbocycles. The number of fused-ring (bicyclic) bond motifs is 22. The monoisotopic (exact) mass is 1930 g/mol. The lowest BCUT2D eigenvalue weighted by Crippen LogP contribution is -2.60. The van der Waals surface area contributed by atoms with Gasteiger partial charge in [-0.2, -0.15) is 0 Å². The summed E-state index contributed by atoms with van der Waals surface area (Å²) in [5, 5.41) is 9.97. The summed E-state index contributed by atoms with van der Waals surface area (Å²) >= 11 is 1.94. The molecule has 1 fully saturated rings. The largest absolute Gasteiger partial charge is 0.467 e. The Labute approximate surface area is 878 Å². The quantitative estimate of drug-likeness (QED) is 0.105. The number of furan rings is 1. The Morgan fingerprint density at radius 2 is 0.685 bits per heavy atom. The minimum atomic E-state index is -0.0581. The lowest BCUT2D eigenvalue weighted by Gasteiger charge is -2.45. The molecule has 1 saturated carbocycles. The highest BCUT2D eigenvalue weighted by Crippen LogP contribution is 2.58. The Kier molecular flexibility index (Phi) is 21.2. The van der Waals surface area contributed by atoms with Crippen molar-refractivity contribution >= 4 is 236 Å². The number of rotatable bonds is 9. The van der Waals surface area contributed by atoms with Gasteiger partial charge in [-0.3, -0.25) is 0 Å². The van der Waals surface area contributed by atoms with Gasteiger partial charge in [0.15, 0.2) is 0 Å². The van der Waals surface area contributed by atoms with E-state index in [-0.39, 0.29) is 36.4 Å². The molecule has 714 valence electrons. The SMILES string of the molecule is CC(C)(C)c1ccc(N2C3=C(B4c5ccc(C(C)(C)C)cc5N(c5ccc(C(C)(C)C)cc5)c5cc(C6CCCCC6)cc2c54)c2cccc4cccc3c24)cc1.c1ccc(-c2cccc(N3c4cc(-c5ccccc5)ccc4B4c5sc6ccccc6c5N(c5ccccc5)c5cccc3c54)c2)cc1.c1ccc(N2c3ccccc3B3c4oc5c6ccccc6c6ccccc6c5c4N(c4ccccc4)c4cccc2c43)cc1. The molecule has 8 heterocycles. The predicted molar refractivity (Wildman–Crippen MR) is 639 cm³/mol. The molecular formula is C138H111B3N6OS. The van der Waals surface area contributed by atoms with Crippen molar-refractivity contribution in [2.24, 2.45) is 0 Å². The number of benzene rings is 20. The van der Waals surface area contributed by atoms with E-state index in [9.17, 15) is 0 Å². The maximum absolute atomic E-state index is 7.25. The van der Waals surface area contributed by atoms with Gasteiger partial charge in [-0.15, -0.1) is 11.3 Å². The number of anilines is 17. The van der Waals surface area contributed by atoms with Crippen LogP contribution in [-0.2, 0) is 16.2 Å². The van der Waals surface area contributed by atoms with Gasteiger partial charge in [0.25, 0.3) is 20.1 Å². The summed E-state index contributed by atoms with van der Waals surface area (Å²) in [6.45, 7) is 21.1. The highest BCUT2D eigenvalue weighted by molar-refractivity contribution is 7.33. The van der Waals surface area contributed by atoms with Crippen LogP contribution in [0.15, 0.2) is 447 Å². The van der Waals surface area contributed by atoms with Crippen molar-refractivity contribution in [2.75, 3.05) is 29.4 Å². The fraction of sp³-hybridized carbons (Fsp3) is 0.130. The minimum Gasteiger partial charge on any atom is -0.467 e. The minimum absolute atomic E-state index is 0.00831. The van der Waals surface area contributed by atoms with Crippen LogP contribution in [0.5, 0.6) is 0 Å². The molecule has 6 aliphatic heterocycles. The topological polar surface area (TPSA) is 32.6 Å². The second kappa shape index (κ2) is 35.1. The van der Waals surface area contributed by atoms with E-state index in [1.807, 2.05) is 11.3 Å². The zero-order valence-electron chi connectivity index (χ0n) is 85.5. The molecule has 7 nitrogen and oxygen atoms in total. The van der Waals surface area contributed by atoms with Crippen molar-refractivity contribution in [3.63, 3.8) is 0 Å². The summed E-state index contributed by atoms with van der Waals surface area (Å²) in [7, 11) is 0. The van der Waals surface area contributed by atoms with Gasteiger partial charge in [-0.05, 0) is 284 Å². The smallest absolute Gasteiger partial charge is 0.297 e. The third-order valence-corrected chi connectivity index (χ3v) is 34.1. The zero-order chi connectivity index (χ0) is 100.0. The van der Waals surface area contributed by atoms with Crippen LogP contribution in [0.1, 0.15) is 134 Å². The normalized spacial score (nSPS) is 14.4. The molecule has 0 unspecified atom stereocenters. The number of nitrogens with zero attached hydrogens (tertiary/aromatic N) is 6. The van der Waals surface area contributed by atoms with E-state index in [0.29, 0.717) is 5.92 Å². The summed E-state index contributed by atoms with van der Waals surface area (Å²) in [5.41, 5.74) is 46.8. The van der Waals surface area contributed by atoms with Crippen LogP contribution in [0.4, 0.5) is 96.7 Å². The average Bonchev–Trinajstić information content (AvgIpc) is 1.53. The molecule has 0 spiro atoms. The molecule has 0 N–H and O–H groups in total. The molecule has 0 atom stereocenters. The number of hydrogen-bond donors (Lipinski definition) is 0.